The summed E-state index contributed by atoms with van der Waals surface area (Å²) in [6, 6.07) is 6.05. The summed E-state index contributed by atoms with van der Waals surface area (Å²) < 4.78 is 5.48. The van der Waals surface area contributed by atoms with Gasteiger partial charge in [0.2, 0.25) is 0 Å². The lowest BCUT2D eigenvalue weighted by molar-refractivity contribution is -0.384. The molecule has 0 atom stereocenters. The molecule has 0 bridgehead atoms. The van der Waals surface area contributed by atoms with Gasteiger partial charge in [-0.05, 0) is 18.9 Å². The number of hydrogen-bond donors (Lipinski definition) is 1. The van der Waals surface area contributed by atoms with Gasteiger partial charge in [-0.2, -0.15) is 0 Å². The highest BCUT2D eigenvalue weighted by atomic mass is 16.6. The zero-order valence-corrected chi connectivity index (χ0v) is 10.2. The Balaban J connectivity index is 1.97. The van der Waals surface area contributed by atoms with Crippen LogP contribution in [-0.2, 0) is 0 Å². The molecule has 0 amide bonds. The van der Waals surface area contributed by atoms with Gasteiger partial charge in [0.1, 0.15) is 12.4 Å². The van der Waals surface area contributed by atoms with Crippen molar-refractivity contribution < 1.29 is 14.8 Å². The summed E-state index contributed by atoms with van der Waals surface area (Å²) in [4.78, 5) is 10.2. The molecule has 1 fully saturated rings. The highest BCUT2D eigenvalue weighted by Crippen LogP contribution is 2.29. The molecule has 0 aliphatic heterocycles. The molecule has 1 saturated carbocycles. The summed E-state index contributed by atoms with van der Waals surface area (Å²) in [5.41, 5.74) is -0.772. The Bertz CT molecular complexity index is 427. The first-order chi connectivity index (χ1) is 8.59. The Morgan fingerprint density at radius 2 is 2.06 bits per heavy atom. The third-order valence-electron chi connectivity index (χ3n) is 3.32. The number of non-ortho nitro benzene ring substituents is 1. The highest BCUT2D eigenvalue weighted by Gasteiger charge is 2.30. The van der Waals surface area contributed by atoms with Crippen LogP contribution in [-0.4, -0.2) is 22.2 Å². The minimum absolute atomic E-state index is 0.00290. The molecule has 0 radical (unpaired) electrons. The number of benzene rings is 1. The van der Waals surface area contributed by atoms with E-state index < -0.39 is 10.5 Å². The van der Waals surface area contributed by atoms with Crippen LogP contribution < -0.4 is 4.74 Å². The van der Waals surface area contributed by atoms with Gasteiger partial charge in [0, 0.05) is 6.07 Å². The van der Waals surface area contributed by atoms with Crippen LogP contribution in [0.5, 0.6) is 5.75 Å². The van der Waals surface area contributed by atoms with Crippen molar-refractivity contribution in [3.63, 3.8) is 0 Å². The topological polar surface area (TPSA) is 72.6 Å². The van der Waals surface area contributed by atoms with Crippen molar-refractivity contribution in [1.82, 2.24) is 0 Å². The number of hydrogen-bond acceptors (Lipinski definition) is 4. The van der Waals surface area contributed by atoms with Gasteiger partial charge in [-0.3, -0.25) is 10.1 Å². The van der Waals surface area contributed by atoms with E-state index in [9.17, 15) is 15.2 Å². The van der Waals surface area contributed by atoms with Crippen molar-refractivity contribution in [2.75, 3.05) is 6.61 Å². The summed E-state index contributed by atoms with van der Waals surface area (Å²) in [7, 11) is 0. The van der Waals surface area contributed by atoms with Crippen LogP contribution in [0.1, 0.15) is 32.1 Å². The van der Waals surface area contributed by atoms with Gasteiger partial charge in [-0.15, -0.1) is 0 Å². The zero-order valence-electron chi connectivity index (χ0n) is 10.2. The van der Waals surface area contributed by atoms with E-state index in [1.807, 2.05) is 0 Å². The maximum absolute atomic E-state index is 10.6. The van der Waals surface area contributed by atoms with E-state index in [4.69, 9.17) is 4.74 Å². The van der Waals surface area contributed by atoms with Crippen LogP contribution in [0.25, 0.3) is 0 Å². The Morgan fingerprint density at radius 1 is 1.33 bits per heavy atom. The number of rotatable bonds is 4. The van der Waals surface area contributed by atoms with E-state index in [1.165, 1.54) is 12.1 Å². The Hall–Kier alpha value is -1.62. The van der Waals surface area contributed by atoms with Crippen molar-refractivity contribution >= 4 is 5.69 Å². The van der Waals surface area contributed by atoms with Crippen molar-refractivity contribution in [2.45, 2.75) is 37.7 Å². The van der Waals surface area contributed by atoms with Crippen LogP contribution in [0.2, 0.25) is 0 Å². The predicted octanol–water partition coefficient (Wildman–Crippen LogP) is 2.67. The van der Waals surface area contributed by atoms with E-state index >= 15 is 0 Å². The van der Waals surface area contributed by atoms with Gasteiger partial charge >= 0.3 is 0 Å². The van der Waals surface area contributed by atoms with Crippen molar-refractivity contribution in [2.24, 2.45) is 0 Å². The van der Waals surface area contributed by atoms with Crippen molar-refractivity contribution in [3.05, 3.63) is 34.4 Å². The fourth-order valence-corrected chi connectivity index (χ4v) is 2.26. The molecule has 0 aromatic heterocycles. The first-order valence-corrected chi connectivity index (χ1v) is 6.19. The Morgan fingerprint density at radius 3 is 2.72 bits per heavy atom. The van der Waals surface area contributed by atoms with Crippen LogP contribution in [0.3, 0.4) is 0 Å². The summed E-state index contributed by atoms with van der Waals surface area (Å²) in [5, 5.41) is 20.9. The minimum atomic E-state index is -0.775. The maximum Gasteiger partial charge on any atom is 0.273 e. The number of nitro benzene ring substituents is 1. The third-order valence-corrected chi connectivity index (χ3v) is 3.32. The molecule has 1 aliphatic carbocycles. The smallest absolute Gasteiger partial charge is 0.273 e. The molecular formula is C13H17NO4. The average Bonchev–Trinajstić information content (AvgIpc) is 2.38. The lowest BCUT2D eigenvalue weighted by Crippen LogP contribution is -2.37. The second-order valence-corrected chi connectivity index (χ2v) is 4.83. The molecule has 98 valence electrons. The molecule has 0 heterocycles. The van der Waals surface area contributed by atoms with E-state index in [0.29, 0.717) is 5.75 Å². The van der Waals surface area contributed by atoms with Crippen LogP contribution in [0.15, 0.2) is 24.3 Å². The maximum atomic E-state index is 10.6. The molecule has 0 saturated heterocycles. The second-order valence-electron chi connectivity index (χ2n) is 4.83. The number of ether oxygens (including phenoxy) is 1. The van der Waals surface area contributed by atoms with Gasteiger partial charge in [0.15, 0.2) is 0 Å². The van der Waals surface area contributed by atoms with Crippen LogP contribution in [0.4, 0.5) is 5.69 Å². The second kappa shape index (κ2) is 5.35. The molecule has 0 spiro atoms. The summed E-state index contributed by atoms with van der Waals surface area (Å²) in [6.45, 7) is 0.203. The average molecular weight is 251 g/mol. The van der Waals surface area contributed by atoms with Gasteiger partial charge in [0.05, 0.1) is 16.6 Å². The minimum Gasteiger partial charge on any atom is -0.490 e. The summed E-state index contributed by atoms with van der Waals surface area (Å²) >= 11 is 0. The fraction of sp³-hybridized carbons (Fsp3) is 0.538. The standard InChI is InChI=1S/C13H17NO4/c15-13(7-2-1-3-8-13)10-18-12-6-4-5-11(9-12)14(16)17/h4-6,9,15H,1-3,7-8,10H2. The van der Waals surface area contributed by atoms with Crippen LogP contribution >= 0.6 is 0 Å². The Labute approximate surface area is 106 Å². The number of nitrogens with zero attached hydrogens (tertiary/aromatic N) is 1. The molecule has 1 N–H and O–H groups in total. The van der Waals surface area contributed by atoms with Gasteiger partial charge in [0.25, 0.3) is 5.69 Å². The molecule has 2 rings (SSSR count). The molecular weight excluding hydrogens is 234 g/mol. The van der Waals surface area contributed by atoms with Crippen LogP contribution in [0, 0.1) is 10.1 Å². The molecule has 1 aromatic rings. The van der Waals surface area contributed by atoms with Gasteiger partial charge in [-0.25, -0.2) is 0 Å². The number of nitro groups is 1. The van der Waals surface area contributed by atoms with Crippen molar-refractivity contribution in [1.29, 1.82) is 0 Å². The first-order valence-electron chi connectivity index (χ1n) is 6.19. The highest BCUT2D eigenvalue weighted by molar-refractivity contribution is 5.37. The Kier molecular flexibility index (Phi) is 3.81. The monoisotopic (exact) mass is 251 g/mol. The normalized spacial score (nSPS) is 18.3. The lowest BCUT2D eigenvalue weighted by Gasteiger charge is -2.31. The molecule has 1 aliphatic rings. The van der Waals surface area contributed by atoms with E-state index in [-0.39, 0.29) is 12.3 Å². The number of aliphatic hydroxyl groups is 1. The van der Waals surface area contributed by atoms with E-state index in [0.717, 1.165) is 32.1 Å². The molecule has 0 unspecified atom stereocenters. The van der Waals surface area contributed by atoms with Crippen molar-refractivity contribution in [3.8, 4) is 5.75 Å². The zero-order chi connectivity index (χ0) is 13.0. The first kappa shape index (κ1) is 12.8. The molecule has 5 heteroatoms. The largest absolute Gasteiger partial charge is 0.490 e. The lowest BCUT2D eigenvalue weighted by atomic mass is 9.85. The summed E-state index contributed by atoms with van der Waals surface area (Å²) in [6.07, 6.45) is 4.65. The summed E-state index contributed by atoms with van der Waals surface area (Å²) in [5.74, 6) is 0.434. The SMILES string of the molecule is O=[N+]([O-])c1cccc(OCC2(O)CCCCC2)c1. The molecule has 1 aromatic carbocycles. The molecule has 18 heavy (non-hydrogen) atoms. The molecule has 5 nitrogen and oxygen atoms in total. The predicted molar refractivity (Wildman–Crippen MR) is 66.6 cm³/mol. The fourth-order valence-electron chi connectivity index (χ4n) is 2.26. The van der Waals surface area contributed by atoms with Gasteiger partial charge in [-0.1, -0.05) is 25.3 Å². The quantitative estimate of drug-likeness (QED) is 0.659. The van der Waals surface area contributed by atoms with Gasteiger partial charge < -0.3 is 9.84 Å². The third kappa shape index (κ3) is 3.20. The van der Waals surface area contributed by atoms with E-state index in [1.54, 1.807) is 12.1 Å². The van der Waals surface area contributed by atoms with E-state index in [2.05, 4.69) is 0 Å².